The summed E-state index contributed by atoms with van der Waals surface area (Å²) in [6.07, 6.45) is 1.14. The van der Waals surface area contributed by atoms with E-state index in [1.807, 2.05) is 0 Å². The van der Waals surface area contributed by atoms with Crippen LogP contribution in [0.15, 0.2) is 12.1 Å². The first-order valence-electron chi connectivity index (χ1n) is 12.9. The summed E-state index contributed by atoms with van der Waals surface area (Å²) in [6, 6.07) is 0.911. The van der Waals surface area contributed by atoms with Crippen LogP contribution in [0, 0.1) is 52.8 Å². The highest BCUT2D eigenvalue weighted by Gasteiger charge is 2.69. The molecule has 0 bridgehead atoms. The normalized spacial score (nSPS) is 28.7. The highest BCUT2D eigenvalue weighted by Crippen LogP contribution is 2.51. The van der Waals surface area contributed by atoms with Crippen LogP contribution in [0.5, 0.6) is 5.75 Å². The molecular weight excluding hydrogens is 583 g/mol. The predicted octanol–water partition coefficient (Wildman–Crippen LogP) is 1.73. The zero-order valence-electron chi connectivity index (χ0n) is 22.5. The van der Waals surface area contributed by atoms with Gasteiger partial charge in [0.25, 0.3) is 0 Å². The number of carbonyl (C=O) groups excluding carboxylic acids is 5. The Morgan fingerprint density at radius 1 is 0.953 bits per heavy atom. The van der Waals surface area contributed by atoms with Crippen molar-refractivity contribution in [2.45, 2.75) is 24.5 Å². The van der Waals surface area contributed by atoms with Crippen LogP contribution in [-0.2, 0) is 25.6 Å². The average Bonchev–Trinajstić information content (AvgIpc) is 2.93. The van der Waals surface area contributed by atoms with E-state index in [0.717, 1.165) is 12.1 Å². The first-order valence-corrected chi connectivity index (χ1v) is 12.9. The molecule has 14 heteroatoms. The number of primary amides is 1. The monoisotopic (exact) mass is 606 g/mol. The number of hydrogen-bond acceptors (Lipinski definition) is 8. The maximum absolute atomic E-state index is 14.3. The molecule has 2 aromatic rings. The number of nitrogens with zero attached hydrogens (tertiary/aromatic N) is 1. The van der Waals surface area contributed by atoms with Gasteiger partial charge in [0.2, 0.25) is 11.7 Å². The smallest absolute Gasteiger partial charge is 0.235 e. The zero-order valence-corrected chi connectivity index (χ0v) is 22.5. The summed E-state index contributed by atoms with van der Waals surface area (Å²) in [4.78, 5) is 67.3. The van der Waals surface area contributed by atoms with Gasteiger partial charge in [0.1, 0.15) is 5.75 Å². The summed E-state index contributed by atoms with van der Waals surface area (Å²) in [5.41, 5.74) is 0.783. The molecule has 9 nitrogen and oxygen atoms in total. The third kappa shape index (κ3) is 4.14. The first kappa shape index (κ1) is 30.2. The Balaban J connectivity index is 1.62. The predicted molar refractivity (Wildman–Crippen MR) is 137 cm³/mol. The number of halogens is 5. The molecular formula is C29H23F5N2O7. The molecule has 0 spiro atoms. The lowest BCUT2D eigenvalue weighted by Gasteiger charge is -2.52. The second kappa shape index (κ2) is 10.2. The fourth-order valence-electron chi connectivity index (χ4n) is 6.73. The van der Waals surface area contributed by atoms with Crippen LogP contribution in [0.1, 0.15) is 33.5 Å². The largest absolute Gasteiger partial charge is 0.507 e. The Kier molecular flexibility index (Phi) is 7.13. The lowest BCUT2D eigenvalue weighted by Crippen LogP contribution is -2.74. The summed E-state index contributed by atoms with van der Waals surface area (Å²) in [7, 11) is 2.85. The maximum Gasteiger partial charge on any atom is 0.235 e. The van der Waals surface area contributed by atoms with Gasteiger partial charge < -0.3 is 15.9 Å². The van der Waals surface area contributed by atoms with E-state index in [1.165, 1.54) is 25.1 Å². The minimum Gasteiger partial charge on any atom is -0.507 e. The molecule has 0 heterocycles. The molecule has 2 aromatic carbocycles. The molecule has 0 radical (unpaired) electrons. The molecule has 0 saturated heterocycles. The minimum absolute atomic E-state index is 0.0329. The third-order valence-electron chi connectivity index (χ3n) is 8.65. The van der Waals surface area contributed by atoms with Gasteiger partial charge in [0, 0.05) is 5.92 Å². The first-order chi connectivity index (χ1) is 20.0. The molecule has 3 aliphatic rings. The second-order valence-corrected chi connectivity index (χ2v) is 11.1. The topological polar surface area (TPSA) is 155 Å². The Morgan fingerprint density at radius 2 is 1.53 bits per heavy atom. The molecule has 0 aliphatic heterocycles. The maximum atomic E-state index is 14.3. The summed E-state index contributed by atoms with van der Waals surface area (Å²) < 4.78 is 69.4. The molecule has 5 rings (SSSR count). The number of likely N-dealkylation sites (N-methyl/N-ethyl adjacent to an activating group) is 1. The molecule has 43 heavy (non-hydrogen) atoms. The zero-order chi connectivity index (χ0) is 31.9. The number of nitrogens with two attached hydrogens (primary N) is 1. The van der Waals surface area contributed by atoms with Gasteiger partial charge in [-0.2, -0.15) is 0 Å². The van der Waals surface area contributed by atoms with Crippen molar-refractivity contribution >= 4 is 41.2 Å². The van der Waals surface area contributed by atoms with Crippen LogP contribution < -0.4 is 5.73 Å². The van der Waals surface area contributed by atoms with Crippen molar-refractivity contribution in [3.63, 3.8) is 0 Å². The molecule has 2 saturated carbocycles. The fourth-order valence-corrected chi connectivity index (χ4v) is 6.73. The Morgan fingerprint density at radius 3 is 2.09 bits per heavy atom. The number of aromatic hydroxyl groups is 1. The van der Waals surface area contributed by atoms with Crippen molar-refractivity contribution in [1.29, 1.82) is 0 Å². The number of Topliss-reactive ketones (excluding diaryl/α,β-unsaturated/α-hetero) is 4. The van der Waals surface area contributed by atoms with E-state index in [9.17, 15) is 56.1 Å². The Hall–Kier alpha value is -4.30. The number of ketones is 4. The van der Waals surface area contributed by atoms with Gasteiger partial charge in [-0.15, -0.1) is 0 Å². The van der Waals surface area contributed by atoms with Crippen molar-refractivity contribution in [3.8, 4) is 5.75 Å². The van der Waals surface area contributed by atoms with E-state index in [2.05, 4.69) is 0 Å². The van der Waals surface area contributed by atoms with E-state index >= 15 is 0 Å². The number of fused-ring (bicyclic) bond motifs is 3. The lowest BCUT2D eigenvalue weighted by atomic mass is 9.52. The number of rotatable bonds is 4. The molecule has 6 atom stereocenters. The van der Waals surface area contributed by atoms with Crippen LogP contribution in [0.25, 0.3) is 12.2 Å². The summed E-state index contributed by atoms with van der Waals surface area (Å²) in [5, 5.41) is 22.1. The van der Waals surface area contributed by atoms with Crippen LogP contribution in [-0.4, -0.2) is 69.9 Å². The van der Waals surface area contributed by atoms with Crippen LogP contribution in [0.2, 0.25) is 0 Å². The molecule has 0 aromatic heterocycles. The summed E-state index contributed by atoms with van der Waals surface area (Å²) >= 11 is 0. The van der Waals surface area contributed by atoms with Crippen molar-refractivity contribution in [2.24, 2.45) is 29.4 Å². The van der Waals surface area contributed by atoms with Gasteiger partial charge >= 0.3 is 0 Å². The highest BCUT2D eigenvalue weighted by molar-refractivity contribution is 6.32. The van der Waals surface area contributed by atoms with Crippen LogP contribution >= 0.6 is 0 Å². The quantitative estimate of drug-likeness (QED) is 0.156. The summed E-state index contributed by atoms with van der Waals surface area (Å²) in [6.45, 7) is 0. The number of amides is 1. The number of hydrogen-bond donors (Lipinski definition) is 3. The van der Waals surface area contributed by atoms with E-state index in [-0.39, 0.29) is 24.0 Å². The third-order valence-corrected chi connectivity index (χ3v) is 8.65. The number of phenolic OH excluding ortho intramolecular Hbond substituents is 1. The van der Waals surface area contributed by atoms with Crippen molar-refractivity contribution in [3.05, 3.63) is 63.5 Å². The van der Waals surface area contributed by atoms with E-state index < -0.39 is 110 Å². The van der Waals surface area contributed by atoms with Gasteiger partial charge in [-0.1, -0.05) is 12.1 Å². The Labute approximate surface area is 239 Å². The number of benzene rings is 2. The number of aliphatic hydroxyl groups is 1. The van der Waals surface area contributed by atoms with Gasteiger partial charge in [0.05, 0.1) is 23.1 Å². The molecule has 1 amide bonds. The standard InChI is InChI=1S/C29H23F5N2O7/c1-36(2)23-13-8-10-7-12-9(3-5-11-18(30)20(32)22(34)21(33)19(11)31)4-6-14(37)16(12)24(38)15(10)26(40)29(13,43)27(41)17(25(23)39)28(35)42/h3-6,10,13,15,17,23,37,43H,7-8H2,1-2H3,(H2,35,42)/b5-3+/t10-,13-,15?,17?,23-,29-/m0/s1. The number of phenols is 1. The fraction of sp³-hybridized carbons (Fsp3) is 0.345. The number of carbonyl (C=O) groups is 5. The van der Waals surface area contributed by atoms with Crippen molar-refractivity contribution in [2.75, 3.05) is 14.1 Å². The van der Waals surface area contributed by atoms with Gasteiger partial charge in [-0.3, -0.25) is 28.9 Å². The van der Waals surface area contributed by atoms with E-state index in [4.69, 9.17) is 5.73 Å². The average molecular weight is 606 g/mol. The van der Waals surface area contributed by atoms with Gasteiger partial charge in [-0.05, 0) is 56.1 Å². The van der Waals surface area contributed by atoms with E-state index in [0.29, 0.717) is 6.08 Å². The SMILES string of the molecule is CN(C)[C@@H]1C(=O)C(C(N)=O)C(=O)[C@@]2(O)C(=O)C3C(=O)c4c(O)ccc(/C=C/c5c(F)c(F)c(F)c(F)c5F)c4C[C@H]3C[C@@H]12. The minimum atomic E-state index is -2.92. The molecule has 2 fully saturated rings. The van der Waals surface area contributed by atoms with Gasteiger partial charge in [0.15, 0.2) is 57.9 Å². The molecule has 226 valence electrons. The lowest BCUT2D eigenvalue weighted by molar-refractivity contribution is -0.181. The van der Waals surface area contributed by atoms with Crippen molar-refractivity contribution < 1.29 is 56.1 Å². The second-order valence-electron chi connectivity index (χ2n) is 11.1. The molecule has 4 N–H and O–H groups in total. The van der Waals surface area contributed by atoms with Crippen molar-refractivity contribution in [1.82, 2.24) is 4.90 Å². The molecule has 3 aliphatic carbocycles. The Bertz CT molecular complexity index is 1660. The van der Waals surface area contributed by atoms with Crippen LogP contribution in [0.4, 0.5) is 22.0 Å². The van der Waals surface area contributed by atoms with Crippen LogP contribution in [0.3, 0.4) is 0 Å². The highest BCUT2D eigenvalue weighted by atomic mass is 19.2. The van der Waals surface area contributed by atoms with Gasteiger partial charge in [-0.25, -0.2) is 22.0 Å². The molecule has 2 unspecified atom stereocenters. The van der Waals surface area contributed by atoms with E-state index in [1.54, 1.807) is 0 Å². The summed E-state index contributed by atoms with van der Waals surface area (Å²) in [5.74, 6) is -23.6.